The topological polar surface area (TPSA) is 17.1 Å². The highest BCUT2D eigenvalue weighted by Crippen LogP contribution is 2.27. The average Bonchev–Trinajstić information content (AvgIpc) is 2.35. The zero-order valence-electron chi connectivity index (χ0n) is 9.51. The normalized spacial score (nSPS) is 10.4. The van der Waals surface area contributed by atoms with E-state index in [0.717, 1.165) is 5.56 Å². The molecule has 0 aliphatic carbocycles. The highest BCUT2D eigenvalue weighted by atomic mass is 35.5. The fourth-order valence-corrected chi connectivity index (χ4v) is 2.13. The van der Waals surface area contributed by atoms with Crippen molar-refractivity contribution in [1.82, 2.24) is 0 Å². The smallest absolute Gasteiger partial charge is 0.194 e. The van der Waals surface area contributed by atoms with Gasteiger partial charge in [-0.25, -0.2) is 0 Å². The Balaban J connectivity index is 2.48. The Kier molecular flexibility index (Phi) is 3.96. The molecule has 4 heteroatoms. The minimum atomic E-state index is -0.165. The molecule has 1 nitrogen and oxygen atoms in total. The fraction of sp³-hybridized carbons (Fsp3) is 0.0714. The first-order chi connectivity index (χ1) is 8.50. The van der Waals surface area contributed by atoms with Crippen LogP contribution in [0.4, 0.5) is 0 Å². The summed E-state index contributed by atoms with van der Waals surface area (Å²) in [5.41, 5.74) is 1.80. The lowest BCUT2D eigenvalue weighted by Gasteiger charge is -2.06. The molecule has 0 atom stereocenters. The van der Waals surface area contributed by atoms with Crippen molar-refractivity contribution in [2.45, 2.75) is 6.92 Å². The fourth-order valence-electron chi connectivity index (χ4n) is 1.62. The summed E-state index contributed by atoms with van der Waals surface area (Å²) in [4.78, 5) is 12.3. The number of hydrogen-bond donors (Lipinski definition) is 0. The van der Waals surface area contributed by atoms with E-state index < -0.39 is 0 Å². The first-order valence-corrected chi connectivity index (χ1v) is 6.39. The summed E-state index contributed by atoms with van der Waals surface area (Å²) in [7, 11) is 0. The molecule has 0 unspecified atom stereocenters. The van der Waals surface area contributed by atoms with Crippen LogP contribution in [0.1, 0.15) is 21.5 Å². The summed E-state index contributed by atoms with van der Waals surface area (Å²) in [6.07, 6.45) is 0. The monoisotopic (exact) mass is 298 g/mol. The van der Waals surface area contributed by atoms with Crippen LogP contribution >= 0.6 is 34.8 Å². The molecule has 2 aromatic carbocycles. The number of rotatable bonds is 2. The lowest BCUT2D eigenvalue weighted by atomic mass is 10.0. The molecule has 0 aromatic heterocycles. The molecule has 0 fully saturated rings. The molecule has 92 valence electrons. The van der Waals surface area contributed by atoms with E-state index in [1.165, 1.54) is 0 Å². The van der Waals surface area contributed by atoms with Crippen LogP contribution in [0.25, 0.3) is 0 Å². The Morgan fingerprint density at radius 3 is 2.39 bits per heavy atom. The van der Waals surface area contributed by atoms with Gasteiger partial charge < -0.3 is 0 Å². The molecule has 2 aromatic rings. The van der Waals surface area contributed by atoms with E-state index in [1.807, 2.05) is 13.0 Å². The largest absolute Gasteiger partial charge is 0.289 e. The molecule has 0 heterocycles. The molecule has 0 radical (unpaired) electrons. The Morgan fingerprint density at radius 1 is 1.00 bits per heavy atom. The van der Waals surface area contributed by atoms with E-state index in [0.29, 0.717) is 26.2 Å². The van der Waals surface area contributed by atoms with Crippen molar-refractivity contribution >= 4 is 40.6 Å². The number of carbonyl (C=O) groups is 1. The Labute approximate surface area is 120 Å². The minimum absolute atomic E-state index is 0.165. The first-order valence-electron chi connectivity index (χ1n) is 5.25. The number of hydrogen-bond acceptors (Lipinski definition) is 1. The van der Waals surface area contributed by atoms with E-state index >= 15 is 0 Å². The van der Waals surface area contributed by atoms with Gasteiger partial charge in [0.05, 0.1) is 15.1 Å². The summed E-state index contributed by atoms with van der Waals surface area (Å²) in [5, 5.41) is 1.24. The first kappa shape index (κ1) is 13.4. The van der Waals surface area contributed by atoms with Gasteiger partial charge in [0.25, 0.3) is 0 Å². The van der Waals surface area contributed by atoms with Gasteiger partial charge in [0.1, 0.15) is 0 Å². The zero-order valence-corrected chi connectivity index (χ0v) is 11.8. The van der Waals surface area contributed by atoms with Gasteiger partial charge in [-0.2, -0.15) is 0 Å². The maximum atomic E-state index is 12.3. The number of halogens is 3. The van der Waals surface area contributed by atoms with Crippen LogP contribution in [0.15, 0.2) is 36.4 Å². The molecule has 0 spiro atoms. The summed E-state index contributed by atoms with van der Waals surface area (Å²) in [6, 6.07) is 10.1. The molecule has 0 N–H and O–H groups in total. The second-order valence-electron chi connectivity index (χ2n) is 3.89. The van der Waals surface area contributed by atoms with Crippen molar-refractivity contribution in [3.8, 4) is 0 Å². The lowest BCUT2D eigenvalue weighted by molar-refractivity contribution is 0.103. The number of aryl methyl sites for hydroxylation is 1. The van der Waals surface area contributed by atoms with Crippen LogP contribution in [0, 0.1) is 6.92 Å². The van der Waals surface area contributed by atoms with E-state index in [2.05, 4.69) is 0 Å². The summed E-state index contributed by atoms with van der Waals surface area (Å²) in [5.74, 6) is -0.165. The van der Waals surface area contributed by atoms with Crippen LogP contribution in [0.5, 0.6) is 0 Å². The molecular weight excluding hydrogens is 291 g/mol. The zero-order chi connectivity index (χ0) is 13.3. The van der Waals surface area contributed by atoms with Gasteiger partial charge in [0, 0.05) is 11.1 Å². The third-order valence-electron chi connectivity index (χ3n) is 2.62. The van der Waals surface area contributed by atoms with Gasteiger partial charge in [-0.05, 0) is 36.8 Å². The minimum Gasteiger partial charge on any atom is -0.289 e. The van der Waals surface area contributed by atoms with E-state index in [-0.39, 0.29) is 5.78 Å². The SMILES string of the molecule is Cc1cccc(C(=O)c2ccc(Cl)c(Cl)c2)c1Cl. The van der Waals surface area contributed by atoms with Crippen LogP contribution in [-0.2, 0) is 0 Å². The summed E-state index contributed by atoms with van der Waals surface area (Å²) < 4.78 is 0. The Hall–Kier alpha value is -1.02. The second-order valence-corrected chi connectivity index (χ2v) is 5.09. The molecule has 0 bridgehead atoms. The Morgan fingerprint density at radius 2 is 1.72 bits per heavy atom. The highest BCUT2D eigenvalue weighted by Gasteiger charge is 2.14. The van der Waals surface area contributed by atoms with Crippen molar-refractivity contribution in [3.05, 3.63) is 68.2 Å². The van der Waals surface area contributed by atoms with Crippen LogP contribution in [0.2, 0.25) is 15.1 Å². The van der Waals surface area contributed by atoms with E-state index in [4.69, 9.17) is 34.8 Å². The number of carbonyl (C=O) groups excluding carboxylic acids is 1. The van der Waals surface area contributed by atoms with Gasteiger partial charge in [-0.15, -0.1) is 0 Å². The van der Waals surface area contributed by atoms with Gasteiger partial charge in [-0.1, -0.05) is 46.9 Å². The molecule has 0 aliphatic heterocycles. The molecule has 0 aliphatic rings. The van der Waals surface area contributed by atoms with Crippen molar-refractivity contribution in [3.63, 3.8) is 0 Å². The van der Waals surface area contributed by atoms with Crippen LogP contribution in [0.3, 0.4) is 0 Å². The highest BCUT2D eigenvalue weighted by molar-refractivity contribution is 6.42. The summed E-state index contributed by atoms with van der Waals surface area (Å²) in [6.45, 7) is 1.86. The Bertz CT molecular complexity index is 620. The van der Waals surface area contributed by atoms with Gasteiger partial charge >= 0.3 is 0 Å². The van der Waals surface area contributed by atoms with Gasteiger partial charge in [0.2, 0.25) is 0 Å². The van der Waals surface area contributed by atoms with E-state index in [1.54, 1.807) is 30.3 Å². The van der Waals surface area contributed by atoms with Crippen molar-refractivity contribution in [2.75, 3.05) is 0 Å². The predicted octanol–water partition coefficient (Wildman–Crippen LogP) is 5.19. The maximum absolute atomic E-state index is 12.3. The van der Waals surface area contributed by atoms with Gasteiger partial charge in [0.15, 0.2) is 5.78 Å². The van der Waals surface area contributed by atoms with Crippen molar-refractivity contribution < 1.29 is 4.79 Å². The maximum Gasteiger partial charge on any atom is 0.194 e. The lowest BCUT2D eigenvalue weighted by Crippen LogP contribution is -2.02. The number of ketones is 1. The predicted molar refractivity (Wildman–Crippen MR) is 76.1 cm³/mol. The van der Waals surface area contributed by atoms with Gasteiger partial charge in [-0.3, -0.25) is 4.79 Å². The second kappa shape index (κ2) is 5.31. The molecule has 2 rings (SSSR count). The quantitative estimate of drug-likeness (QED) is 0.698. The average molecular weight is 300 g/mol. The molecule has 0 saturated heterocycles. The standard InChI is InChI=1S/C14H9Cl3O/c1-8-3-2-4-10(13(8)17)14(18)9-5-6-11(15)12(16)7-9/h2-7H,1H3. The van der Waals surface area contributed by atoms with Crippen LogP contribution < -0.4 is 0 Å². The summed E-state index contributed by atoms with van der Waals surface area (Å²) >= 11 is 17.8. The molecule has 18 heavy (non-hydrogen) atoms. The van der Waals surface area contributed by atoms with E-state index in [9.17, 15) is 4.79 Å². The van der Waals surface area contributed by atoms with Crippen LogP contribution in [-0.4, -0.2) is 5.78 Å². The number of benzene rings is 2. The van der Waals surface area contributed by atoms with Crippen molar-refractivity contribution in [2.24, 2.45) is 0 Å². The third-order valence-corrected chi connectivity index (χ3v) is 3.86. The third kappa shape index (κ3) is 2.54. The molecule has 0 amide bonds. The molecule has 0 saturated carbocycles. The molecular formula is C14H9Cl3O. The van der Waals surface area contributed by atoms with Crippen molar-refractivity contribution in [1.29, 1.82) is 0 Å².